The van der Waals surface area contributed by atoms with Gasteiger partial charge in [0.2, 0.25) is 0 Å². The molecule has 1 N–H and O–H groups in total. The molecule has 4 fully saturated rings. The molecule has 0 bridgehead atoms. The molecule has 0 heterocycles. The van der Waals surface area contributed by atoms with Gasteiger partial charge in [-0.1, -0.05) is 71.6 Å². The summed E-state index contributed by atoms with van der Waals surface area (Å²) in [6.07, 6.45) is 11.8. The van der Waals surface area contributed by atoms with Crippen molar-refractivity contribution in [3.05, 3.63) is 29.8 Å². The van der Waals surface area contributed by atoms with Crippen LogP contribution in [0.4, 0.5) is 0 Å². The van der Waals surface area contributed by atoms with Gasteiger partial charge < -0.3 is 5.11 Å². The summed E-state index contributed by atoms with van der Waals surface area (Å²) in [6.45, 7) is 14.1. The summed E-state index contributed by atoms with van der Waals surface area (Å²) in [4.78, 5) is 0.209. The molecule has 0 amide bonds. The van der Waals surface area contributed by atoms with Crippen LogP contribution in [0.3, 0.4) is 0 Å². The molecule has 4 aliphatic carbocycles. The highest BCUT2D eigenvalue weighted by Gasteiger charge is 2.62. The fraction of sp³-hybridized carbons (Fsp3) is 0.824. The van der Waals surface area contributed by atoms with Crippen LogP contribution in [-0.2, 0) is 14.3 Å². The number of fused-ring (bicyclic) bond motifs is 5. The van der Waals surface area contributed by atoms with Crippen LogP contribution in [0.5, 0.6) is 0 Å². The van der Waals surface area contributed by atoms with Gasteiger partial charge in [0.15, 0.2) is 0 Å². The summed E-state index contributed by atoms with van der Waals surface area (Å²) in [5.74, 6) is 4.75. The Morgan fingerprint density at radius 3 is 2.36 bits per heavy atom. The second-order valence-corrected chi connectivity index (χ2v) is 16.6. The average molecular weight is 559 g/mol. The molecule has 4 saturated carbocycles. The minimum Gasteiger partial charge on any atom is -0.392 e. The van der Waals surface area contributed by atoms with Crippen molar-refractivity contribution in [2.24, 2.45) is 52.3 Å². The molecule has 5 heteroatoms. The highest BCUT2D eigenvalue weighted by atomic mass is 32.2. The molecule has 5 rings (SSSR count). The maximum Gasteiger partial charge on any atom is 0.297 e. The quantitative estimate of drug-likeness (QED) is 0.327. The minimum absolute atomic E-state index is 0.140. The summed E-state index contributed by atoms with van der Waals surface area (Å²) >= 11 is 0. The second kappa shape index (κ2) is 11.1. The highest BCUT2D eigenvalue weighted by Crippen LogP contribution is 2.68. The zero-order valence-corrected chi connectivity index (χ0v) is 26.2. The van der Waals surface area contributed by atoms with E-state index in [1.807, 2.05) is 6.92 Å². The van der Waals surface area contributed by atoms with Crippen LogP contribution in [0, 0.1) is 59.2 Å². The van der Waals surface area contributed by atoms with E-state index in [1.54, 1.807) is 24.3 Å². The van der Waals surface area contributed by atoms with Gasteiger partial charge in [0, 0.05) is 6.42 Å². The van der Waals surface area contributed by atoms with Gasteiger partial charge in [-0.3, -0.25) is 4.18 Å². The van der Waals surface area contributed by atoms with Crippen LogP contribution in [0.15, 0.2) is 29.2 Å². The van der Waals surface area contributed by atoms with E-state index >= 15 is 0 Å². The Balaban J connectivity index is 1.27. The lowest BCUT2D eigenvalue weighted by molar-refractivity contribution is -0.179. The topological polar surface area (TPSA) is 63.6 Å². The fourth-order valence-corrected chi connectivity index (χ4v) is 11.4. The van der Waals surface area contributed by atoms with Gasteiger partial charge in [0.25, 0.3) is 10.1 Å². The normalized spacial score (nSPS) is 41.1. The molecule has 4 aliphatic rings. The van der Waals surface area contributed by atoms with E-state index in [4.69, 9.17) is 4.18 Å². The van der Waals surface area contributed by atoms with Crippen molar-refractivity contribution in [1.29, 1.82) is 0 Å². The van der Waals surface area contributed by atoms with Crippen LogP contribution in [0.1, 0.15) is 111 Å². The van der Waals surface area contributed by atoms with Crippen molar-refractivity contribution < 1.29 is 17.7 Å². The summed E-state index contributed by atoms with van der Waals surface area (Å²) < 4.78 is 31.8. The predicted molar refractivity (Wildman–Crippen MR) is 158 cm³/mol. The minimum atomic E-state index is -3.84. The molecule has 0 spiro atoms. The smallest absolute Gasteiger partial charge is 0.297 e. The molecule has 10 atom stereocenters. The van der Waals surface area contributed by atoms with Crippen molar-refractivity contribution in [2.75, 3.05) is 0 Å². The van der Waals surface area contributed by atoms with E-state index in [-0.39, 0.29) is 10.3 Å². The van der Waals surface area contributed by atoms with Crippen LogP contribution in [0.25, 0.3) is 0 Å². The molecular weight excluding hydrogens is 504 g/mol. The first-order valence-electron chi connectivity index (χ1n) is 16.0. The molecule has 0 saturated heterocycles. The summed E-state index contributed by atoms with van der Waals surface area (Å²) in [5.41, 5.74) is 1.32. The highest BCUT2D eigenvalue weighted by molar-refractivity contribution is 7.86. The van der Waals surface area contributed by atoms with E-state index in [2.05, 4.69) is 34.6 Å². The third-order valence-corrected chi connectivity index (χ3v) is 13.9. The molecule has 0 radical (unpaired) electrons. The number of hydrogen-bond donors (Lipinski definition) is 1. The molecule has 4 nitrogen and oxygen atoms in total. The predicted octanol–water partition coefficient (Wildman–Crippen LogP) is 8.16. The number of hydrogen-bond acceptors (Lipinski definition) is 4. The van der Waals surface area contributed by atoms with E-state index < -0.39 is 22.3 Å². The number of benzene rings is 1. The fourth-order valence-electron chi connectivity index (χ4n) is 10.3. The molecule has 0 aromatic heterocycles. The zero-order valence-electron chi connectivity index (χ0n) is 25.4. The Labute approximate surface area is 238 Å². The van der Waals surface area contributed by atoms with E-state index in [0.717, 1.165) is 42.1 Å². The maximum atomic E-state index is 13.0. The monoisotopic (exact) mass is 558 g/mol. The largest absolute Gasteiger partial charge is 0.392 e. The Kier molecular flexibility index (Phi) is 8.39. The standard InChI is InChI=1S/C34H54O4S/c1-22(2)8-7-9-24(4)29-16-17-30-28-15-12-25-20-26(38-39(36,37)27-13-10-23(3)11-14-27)21-32(35)34(25,6)31(28)18-19-33(29,30)5/h10-11,13-14,22,24-26,28-32,35H,7-9,12,15-21H2,1-6H3/t24-,25+,26+,28+,29-,30-,31-,32+,33+,34+/m1/s1. The van der Waals surface area contributed by atoms with Crippen LogP contribution >= 0.6 is 0 Å². The first-order chi connectivity index (χ1) is 18.4. The van der Waals surface area contributed by atoms with Crippen molar-refractivity contribution >= 4 is 10.1 Å². The Morgan fingerprint density at radius 1 is 0.949 bits per heavy atom. The lowest BCUT2D eigenvalue weighted by Crippen LogP contribution is -2.59. The molecule has 1 aromatic rings. The molecule has 39 heavy (non-hydrogen) atoms. The van der Waals surface area contributed by atoms with Gasteiger partial charge in [-0.2, -0.15) is 8.42 Å². The molecule has 220 valence electrons. The van der Waals surface area contributed by atoms with Crippen molar-refractivity contribution in [3.63, 3.8) is 0 Å². The summed E-state index contributed by atoms with van der Waals surface area (Å²) in [5, 5.41) is 11.7. The maximum absolute atomic E-state index is 13.0. The molecule has 0 unspecified atom stereocenters. The number of rotatable bonds is 8. The van der Waals surface area contributed by atoms with Gasteiger partial charge in [0.05, 0.1) is 17.1 Å². The van der Waals surface area contributed by atoms with Gasteiger partial charge >= 0.3 is 0 Å². The number of aliphatic hydroxyl groups is 1. The first kappa shape index (κ1) is 29.6. The summed E-state index contributed by atoms with van der Waals surface area (Å²) in [6, 6.07) is 6.86. The van der Waals surface area contributed by atoms with Crippen molar-refractivity contribution in [1.82, 2.24) is 0 Å². The van der Waals surface area contributed by atoms with Gasteiger partial charge in [-0.25, -0.2) is 0 Å². The van der Waals surface area contributed by atoms with Gasteiger partial charge in [-0.05, 0) is 116 Å². The van der Waals surface area contributed by atoms with Crippen molar-refractivity contribution in [3.8, 4) is 0 Å². The van der Waals surface area contributed by atoms with E-state index in [0.29, 0.717) is 29.6 Å². The molecular formula is C34H54O4S. The lowest BCUT2D eigenvalue weighted by Gasteiger charge is -2.62. The Morgan fingerprint density at radius 2 is 1.67 bits per heavy atom. The van der Waals surface area contributed by atoms with Crippen LogP contribution in [0.2, 0.25) is 0 Å². The van der Waals surface area contributed by atoms with E-state index in [9.17, 15) is 13.5 Å². The SMILES string of the molecule is Cc1ccc(S(=O)(=O)O[C@H]2C[C@@H]3CC[C@H]4[C@H]5CC[C@H]([C@H](C)CCCC(C)C)[C@]5(C)CC[C@H]4[C@@]3(C)[C@@H](O)C2)cc1. The van der Waals surface area contributed by atoms with Crippen molar-refractivity contribution in [2.45, 2.75) is 129 Å². The van der Waals surface area contributed by atoms with Crippen LogP contribution in [-0.4, -0.2) is 25.7 Å². The zero-order chi connectivity index (χ0) is 28.2. The molecule has 0 aliphatic heterocycles. The first-order valence-corrected chi connectivity index (χ1v) is 17.4. The molecule has 1 aromatic carbocycles. The van der Waals surface area contributed by atoms with Gasteiger partial charge in [-0.15, -0.1) is 0 Å². The third-order valence-electron chi connectivity index (χ3n) is 12.5. The average Bonchev–Trinajstić information content (AvgIpc) is 3.22. The number of aliphatic hydroxyl groups excluding tert-OH is 1. The Bertz CT molecular complexity index is 1100. The van der Waals surface area contributed by atoms with Gasteiger partial charge in [0.1, 0.15) is 0 Å². The second-order valence-electron chi connectivity index (χ2n) is 15.0. The van der Waals surface area contributed by atoms with Crippen LogP contribution < -0.4 is 0 Å². The Hall–Kier alpha value is -0.910. The third kappa shape index (κ3) is 5.39. The lowest BCUT2D eigenvalue weighted by atomic mass is 9.43. The van der Waals surface area contributed by atoms with E-state index in [1.165, 1.54) is 51.4 Å². The number of aryl methyl sites for hydroxylation is 1. The summed E-state index contributed by atoms with van der Waals surface area (Å²) in [7, 11) is -3.84.